The van der Waals surface area contributed by atoms with Crippen LogP contribution in [0.2, 0.25) is 0 Å². The van der Waals surface area contributed by atoms with E-state index in [4.69, 9.17) is 0 Å². The van der Waals surface area contributed by atoms with Crippen molar-refractivity contribution in [3.8, 4) is 0 Å². The van der Waals surface area contributed by atoms with Gasteiger partial charge in [-0.05, 0) is 36.8 Å². The average Bonchev–Trinajstić information content (AvgIpc) is 2.97. The predicted octanol–water partition coefficient (Wildman–Crippen LogP) is 1.30. The van der Waals surface area contributed by atoms with Crippen molar-refractivity contribution >= 4 is 17.5 Å². The normalized spacial score (nSPS) is 10.1. The van der Waals surface area contributed by atoms with Crippen LogP contribution in [0, 0.1) is 0 Å². The zero-order valence-corrected chi connectivity index (χ0v) is 13.0. The third-order valence-electron chi connectivity index (χ3n) is 3.27. The molecule has 2 rings (SSSR count). The summed E-state index contributed by atoms with van der Waals surface area (Å²) in [5.74, 6) is 0.456. The molecule has 2 N–H and O–H groups in total. The van der Waals surface area contributed by atoms with Crippen LogP contribution < -0.4 is 10.6 Å². The zero-order chi connectivity index (χ0) is 16.7. The molecule has 1 aromatic heterocycles. The van der Waals surface area contributed by atoms with Crippen molar-refractivity contribution in [3.63, 3.8) is 0 Å². The van der Waals surface area contributed by atoms with Gasteiger partial charge in [0.25, 0.3) is 5.91 Å². The number of carbonyl (C=O) groups excluding carboxylic acids is 2. The molecule has 0 spiro atoms. The van der Waals surface area contributed by atoms with E-state index in [9.17, 15) is 9.59 Å². The highest BCUT2D eigenvalue weighted by Crippen LogP contribution is 2.09. The summed E-state index contributed by atoms with van der Waals surface area (Å²) in [4.78, 5) is 23.2. The van der Waals surface area contributed by atoms with Crippen molar-refractivity contribution < 1.29 is 9.59 Å². The summed E-state index contributed by atoms with van der Waals surface area (Å²) in [7, 11) is 1.89. The minimum absolute atomic E-state index is 0.149. The van der Waals surface area contributed by atoms with Crippen LogP contribution >= 0.6 is 0 Å². The number of rotatable bonds is 7. The lowest BCUT2D eigenvalue weighted by molar-refractivity contribution is -0.111. The number of nitrogens with zero attached hydrogens (tertiary/aromatic N) is 3. The van der Waals surface area contributed by atoms with Crippen LogP contribution in [0.1, 0.15) is 22.6 Å². The number of amides is 2. The zero-order valence-electron chi connectivity index (χ0n) is 13.0. The van der Waals surface area contributed by atoms with Gasteiger partial charge in [-0.25, -0.2) is 0 Å². The van der Waals surface area contributed by atoms with Crippen LogP contribution in [0.25, 0.3) is 0 Å². The standard InChI is InChI=1S/C16H19N5O2/c1-3-15(22)19-13-8-6-12(7-9-13)16(23)17-10-4-5-14-20-18-11-21(14)2/h3,6-9,11H,1,4-5,10H2,2H3,(H,17,23)(H,19,22). The van der Waals surface area contributed by atoms with E-state index in [1.165, 1.54) is 6.08 Å². The van der Waals surface area contributed by atoms with E-state index >= 15 is 0 Å². The molecule has 0 aliphatic heterocycles. The van der Waals surface area contributed by atoms with Gasteiger partial charge >= 0.3 is 0 Å². The Morgan fingerprint density at radius 3 is 2.65 bits per heavy atom. The molecule has 0 fully saturated rings. The van der Waals surface area contributed by atoms with E-state index in [-0.39, 0.29) is 11.8 Å². The molecule has 0 atom stereocenters. The Hall–Kier alpha value is -2.96. The molecule has 2 amide bonds. The number of hydrogen-bond acceptors (Lipinski definition) is 4. The van der Waals surface area contributed by atoms with Gasteiger partial charge in [-0.15, -0.1) is 10.2 Å². The summed E-state index contributed by atoms with van der Waals surface area (Å²) < 4.78 is 1.86. The maximum atomic E-state index is 12.0. The molecule has 0 unspecified atom stereocenters. The molecule has 120 valence electrons. The molecule has 23 heavy (non-hydrogen) atoms. The molecule has 1 aromatic carbocycles. The van der Waals surface area contributed by atoms with Crippen LogP contribution in [0.5, 0.6) is 0 Å². The van der Waals surface area contributed by atoms with Gasteiger partial charge in [0.2, 0.25) is 5.91 Å². The molecular formula is C16H19N5O2. The summed E-state index contributed by atoms with van der Waals surface area (Å²) in [6.07, 6.45) is 4.38. The van der Waals surface area contributed by atoms with E-state index in [0.717, 1.165) is 18.7 Å². The summed E-state index contributed by atoms with van der Waals surface area (Å²) >= 11 is 0. The average molecular weight is 313 g/mol. The van der Waals surface area contributed by atoms with Gasteiger partial charge in [-0.2, -0.15) is 0 Å². The highest BCUT2D eigenvalue weighted by atomic mass is 16.2. The smallest absolute Gasteiger partial charge is 0.251 e. The fourth-order valence-corrected chi connectivity index (χ4v) is 1.98. The highest BCUT2D eigenvalue weighted by Gasteiger charge is 2.06. The number of carbonyl (C=O) groups is 2. The quantitative estimate of drug-likeness (QED) is 0.596. The van der Waals surface area contributed by atoms with Gasteiger partial charge in [-0.3, -0.25) is 9.59 Å². The summed E-state index contributed by atoms with van der Waals surface area (Å²) in [6.45, 7) is 3.94. The Kier molecular flexibility index (Phi) is 5.62. The molecule has 2 aromatic rings. The lowest BCUT2D eigenvalue weighted by Gasteiger charge is -2.06. The Bertz CT molecular complexity index is 691. The molecule has 0 bridgehead atoms. The second-order valence-electron chi connectivity index (χ2n) is 4.99. The summed E-state index contributed by atoms with van der Waals surface area (Å²) in [5.41, 5.74) is 1.16. The molecule has 7 heteroatoms. The molecule has 0 saturated heterocycles. The lowest BCUT2D eigenvalue weighted by Crippen LogP contribution is -2.25. The summed E-state index contributed by atoms with van der Waals surface area (Å²) in [5, 5.41) is 13.3. The van der Waals surface area contributed by atoms with Crippen molar-refractivity contribution in [2.75, 3.05) is 11.9 Å². The molecule has 0 aliphatic carbocycles. The molecule has 1 heterocycles. The van der Waals surface area contributed by atoms with Gasteiger partial charge in [0.15, 0.2) is 0 Å². The van der Waals surface area contributed by atoms with Crippen LogP contribution in [0.3, 0.4) is 0 Å². The third-order valence-corrected chi connectivity index (χ3v) is 3.27. The first-order valence-corrected chi connectivity index (χ1v) is 7.24. The van der Waals surface area contributed by atoms with Gasteiger partial charge in [0.1, 0.15) is 12.2 Å². The van der Waals surface area contributed by atoms with Crippen LogP contribution in [0.15, 0.2) is 43.2 Å². The number of aryl methyl sites for hydroxylation is 2. The Morgan fingerprint density at radius 1 is 1.30 bits per heavy atom. The monoisotopic (exact) mass is 313 g/mol. The number of hydrogen-bond donors (Lipinski definition) is 2. The van der Waals surface area contributed by atoms with Gasteiger partial charge in [-0.1, -0.05) is 6.58 Å². The van der Waals surface area contributed by atoms with Crippen molar-refractivity contribution in [2.45, 2.75) is 12.8 Å². The molecule has 0 saturated carbocycles. The largest absolute Gasteiger partial charge is 0.352 e. The van der Waals surface area contributed by atoms with Crippen molar-refractivity contribution in [1.29, 1.82) is 0 Å². The fourth-order valence-electron chi connectivity index (χ4n) is 1.98. The first-order chi connectivity index (χ1) is 11.1. The maximum absolute atomic E-state index is 12.0. The summed E-state index contributed by atoms with van der Waals surface area (Å²) in [6, 6.07) is 6.68. The minimum Gasteiger partial charge on any atom is -0.352 e. The topological polar surface area (TPSA) is 88.9 Å². The minimum atomic E-state index is -0.286. The molecule has 7 nitrogen and oxygen atoms in total. The number of anilines is 1. The number of nitrogens with one attached hydrogen (secondary N) is 2. The Morgan fingerprint density at radius 2 is 2.04 bits per heavy atom. The maximum Gasteiger partial charge on any atom is 0.251 e. The first kappa shape index (κ1) is 16.4. The van der Waals surface area contributed by atoms with Crippen molar-refractivity contribution in [3.05, 3.63) is 54.6 Å². The second-order valence-corrected chi connectivity index (χ2v) is 4.99. The SMILES string of the molecule is C=CC(=O)Nc1ccc(C(=O)NCCCc2nncn2C)cc1. The Labute approximate surface area is 134 Å². The van der Waals surface area contributed by atoms with Gasteiger partial charge in [0, 0.05) is 31.3 Å². The third kappa shape index (κ3) is 4.77. The van der Waals surface area contributed by atoms with Crippen LogP contribution in [-0.2, 0) is 18.3 Å². The highest BCUT2D eigenvalue weighted by molar-refractivity contribution is 5.99. The van der Waals surface area contributed by atoms with E-state index in [1.807, 2.05) is 11.6 Å². The van der Waals surface area contributed by atoms with Gasteiger partial charge < -0.3 is 15.2 Å². The van der Waals surface area contributed by atoms with Crippen LogP contribution in [0.4, 0.5) is 5.69 Å². The molecule has 0 aliphatic rings. The molecule has 0 radical (unpaired) electrons. The Balaban J connectivity index is 1.78. The van der Waals surface area contributed by atoms with E-state index in [0.29, 0.717) is 17.8 Å². The van der Waals surface area contributed by atoms with Crippen LogP contribution in [-0.4, -0.2) is 33.1 Å². The predicted molar refractivity (Wildman–Crippen MR) is 86.9 cm³/mol. The number of aromatic nitrogens is 3. The van der Waals surface area contributed by atoms with E-state index in [1.54, 1.807) is 30.6 Å². The fraction of sp³-hybridized carbons (Fsp3) is 0.250. The first-order valence-electron chi connectivity index (χ1n) is 7.24. The van der Waals surface area contributed by atoms with Gasteiger partial charge in [0.05, 0.1) is 0 Å². The second kappa shape index (κ2) is 7.88. The molecular weight excluding hydrogens is 294 g/mol. The number of benzene rings is 1. The van der Waals surface area contributed by atoms with Crippen molar-refractivity contribution in [2.24, 2.45) is 7.05 Å². The van der Waals surface area contributed by atoms with E-state index < -0.39 is 0 Å². The van der Waals surface area contributed by atoms with E-state index in [2.05, 4.69) is 27.4 Å². The lowest BCUT2D eigenvalue weighted by atomic mass is 10.2. The van der Waals surface area contributed by atoms with Crippen molar-refractivity contribution in [1.82, 2.24) is 20.1 Å².